The zero-order valence-electron chi connectivity index (χ0n) is 12.4. The molecule has 0 saturated carbocycles. The van der Waals surface area contributed by atoms with Gasteiger partial charge in [-0.2, -0.15) is 0 Å². The summed E-state index contributed by atoms with van der Waals surface area (Å²) < 4.78 is 8.22. The van der Waals surface area contributed by atoms with Gasteiger partial charge in [-0.3, -0.25) is 0 Å². The molecule has 0 aromatic heterocycles. The van der Waals surface area contributed by atoms with E-state index in [9.17, 15) is 9.59 Å². The van der Waals surface area contributed by atoms with Gasteiger partial charge >= 0.3 is 137 Å². The van der Waals surface area contributed by atoms with Gasteiger partial charge in [0, 0.05) is 0 Å². The van der Waals surface area contributed by atoms with Crippen LogP contribution in [0, 0.1) is 10.5 Å². The summed E-state index contributed by atoms with van der Waals surface area (Å²) in [6.07, 6.45) is 0. The van der Waals surface area contributed by atoms with Gasteiger partial charge in [0.25, 0.3) is 0 Å². The van der Waals surface area contributed by atoms with Crippen LogP contribution in [0.2, 0.25) is 0 Å². The molecule has 4 nitrogen and oxygen atoms in total. The van der Waals surface area contributed by atoms with Crippen LogP contribution in [-0.4, -0.2) is 15.0 Å². The summed E-state index contributed by atoms with van der Waals surface area (Å²) >= 11 is -2.47. The van der Waals surface area contributed by atoms with Crippen LogP contribution in [0.5, 0.6) is 0 Å². The Labute approximate surface area is 137 Å². The monoisotopic (exact) mass is 409 g/mol. The molecule has 0 N–H and O–H groups in total. The topological polar surface area (TPSA) is 46.6 Å². The molecule has 2 aromatic carbocycles. The van der Waals surface area contributed by atoms with Crippen molar-refractivity contribution in [3.63, 3.8) is 0 Å². The molecule has 2 aromatic rings. The Kier molecular flexibility index (Phi) is 4.15. The van der Waals surface area contributed by atoms with Crippen LogP contribution in [0.3, 0.4) is 0 Å². The van der Waals surface area contributed by atoms with Crippen molar-refractivity contribution in [1.29, 1.82) is 0 Å². The maximum absolute atomic E-state index is 12.7. The SMILES string of the molecule is CC(=O)OI1c2ccc(C)cc2C(=O)N1Cc1ccccc1. The third-order valence-electron chi connectivity index (χ3n) is 3.28. The van der Waals surface area contributed by atoms with Gasteiger partial charge in [0.1, 0.15) is 0 Å². The first-order chi connectivity index (χ1) is 10.6. The summed E-state index contributed by atoms with van der Waals surface area (Å²) in [4.78, 5) is 24.2. The number of carbonyl (C=O) groups excluding carboxylic acids is 2. The molecule has 0 unspecified atom stereocenters. The van der Waals surface area contributed by atoms with Crippen molar-refractivity contribution >= 4 is 32.4 Å². The molecule has 1 aliphatic heterocycles. The van der Waals surface area contributed by atoms with E-state index < -0.39 is 20.5 Å². The van der Waals surface area contributed by atoms with Crippen LogP contribution < -0.4 is 0 Å². The molecule has 3 rings (SSSR count). The van der Waals surface area contributed by atoms with Crippen LogP contribution in [0.25, 0.3) is 0 Å². The summed E-state index contributed by atoms with van der Waals surface area (Å²) in [7, 11) is 0. The first-order valence-electron chi connectivity index (χ1n) is 6.92. The summed E-state index contributed by atoms with van der Waals surface area (Å²) in [5.74, 6) is -0.363. The molecular formula is C17H16INO3. The summed E-state index contributed by atoms with van der Waals surface area (Å²) in [5.41, 5.74) is 2.75. The van der Waals surface area contributed by atoms with E-state index in [2.05, 4.69) is 0 Å². The van der Waals surface area contributed by atoms with Crippen molar-refractivity contribution < 1.29 is 12.7 Å². The van der Waals surface area contributed by atoms with Crippen molar-refractivity contribution in [1.82, 2.24) is 3.11 Å². The van der Waals surface area contributed by atoms with Gasteiger partial charge in [0.15, 0.2) is 0 Å². The van der Waals surface area contributed by atoms with Crippen molar-refractivity contribution in [2.24, 2.45) is 0 Å². The van der Waals surface area contributed by atoms with Crippen molar-refractivity contribution in [3.05, 3.63) is 68.8 Å². The number of amides is 1. The first kappa shape index (κ1) is 15.0. The number of fused-ring (bicyclic) bond motifs is 1. The number of carbonyl (C=O) groups is 2. The number of rotatable bonds is 3. The van der Waals surface area contributed by atoms with Gasteiger partial charge in [-0.05, 0) is 0 Å². The standard InChI is InChI=1S/C17H16INO3/c1-12-8-9-16-15(10-12)17(21)19(18(16)22-13(2)20)11-14-6-4-3-5-7-14/h3-10H,11H2,1-2H3. The molecule has 0 radical (unpaired) electrons. The normalized spacial score (nSPS) is 14.9. The van der Waals surface area contributed by atoms with Crippen molar-refractivity contribution in [3.8, 4) is 0 Å². The number of hydrogen-bond donors (Lipinski definition) is 0. The van der Waals surface area contributed by atoms with Crippen LogP contribution in [0.1, 0.15) is 28.4 Å². The second-order valence-corrected chi connectivity index (χ2v) is 9.18. The van der Waals surface area contributed by atoms with Crippen LogP contribution in [-0.2, 0) is 14.4 Å². The van der Waals surface area contributed by atoms with Gasteiger partial charge in [-0.25, -0.2) is 0 Å². The Morgan fingerprint density at radius 1 is 1.18 bits per heavy atom. The van der Waals surface area contributed by atoms with E-state index in [0.29, 0.717) is 12.1 Å². The zero-order valence-corrected chi connectivity index (χ0v) is 14.5. The predicted molar refractivity (Wildman–Crippen MR) is 92.0 cm³/mol. The molecular weight excluding hydrogens is 393 g/mol. The third kappa shape index (κ3) is 2.85. The van der Waals surface area contributed by atoms with Crippen LogP contribution >= 0.6 is 20.5 Å². The number of aryl methyl sites for hydroxylation is 1. The molecule has 0 spiro atoms. The van der Waals surface area contributed by atoms with E-state index in [1.54, 1.807) is 3.11 Å². The molecule has 0 bridgehead atoms. The van der Waals surface area contributed by atoms with Gasteiger partial charge in [0.2, 0.25) is 0 Å². The van der Waals surface area contributed by atoms with Crippen molar-refractivity contribution in [2.45, 2.75) is 20.4 Å². The quantitative estimate of drug-likeness (QED) is 0.574. The summed E-state index contributed by atoms with van der Waals surface area (Å²) in [6, 6.07) is 15.6. The first-order valence-corrected chi connectivity index (χ1v) is 9.84. The number of hydrogen-bond acceptors (Lipinski definition) is 3. The van der Waals surface area contributed by atoms with Gasteiger partial charge in [0.05, 0.1) is 0 Å². The molecule has 114 valence electrons. The van der Waals surface area contributed by atoms with Gasteiger partial charge in [-0.15, -0.1) is 0 Å². The Hall–Kier alpha value is -1.89. The van der Waals surface area contributed by atoms with Crippen LogP contribution in [0.15, 0.2) is 48.5 Å². The van der Waals surface area contributed by atoms with E-state index in [1.165, 1.54) is 6.92 Å². The zero-order chi connectivity index (χ0) is 15.7. The molecule has 22 heavy (non-hydrogen) atoms. The summed E-state index contributed by atoms with van der Waals surface area (Å²) in [6.45, 7) is 3.83. The van der Waals surface area contributed by atoms with Crippen LogP contribution in [0.4, 0.5) is 0 Å². The molecule has 0 aliphatic carbocycles. The van der Waals surface area contributed by atoms with Gasteiger partial charge < -0.3 is 0 Å². The molecule has 1 amide bonds. The Morgan fingerprint density at radius 2 is 1.91 bits per heavy atom. The van der Waals surface area contributed by atoms with E-state index in [-0.39, 0.29) is 11.9 Å². The second-order valence-electron chi connectivity index (χ2n) is 5.09. The summed E-state index contributed by atoms with van der Waals surface area (Å²) in [5, 5.41) is 0. The molecule has 0 saturated heterocycles. The fourth-order valence-electron chi connectivity index (χ4n) is 2.31. The van der Waals surface area contributed by atoms with E-state index in [1.807, 2.05) is 55.5 Å². The van der Waals surface area contributed by atoms with E-state index in [0.717, 1.165) is 14.7 Å². The second kappa shape index (κ2) is 6.08. The number of nitrogens with zero attached hydrogens (tertiary/aromatic N) is 1. The van der Waals surface area contributed by atoms with Crippen molar-refractivity contribution in [2.75, 3.05) is 0 Å². The van der Waals surface area contributed by atoms with E-state index in [4.69, 9.17) is 3.07 Å². The minimum absolute atomic E-state index is 0.0333. The average Bonchev–Trinajstić information content (AvgIpc) is 2.73. The minimum atomic E-state index is -2.47. The fourth-order valence-corrected chi connectivity index (χ4v) is 6.73. The predicted octanol–water partition coefficient (Wildman–Crippen LogP) is 3.72. The van der Waals surface area contributed by atoms with E-state index >= 15 is 0 Å². The number of halogens is 1. The Morgan fingerprint density at radius 3 is 2.59 bits per heavy atom. The third-order valence-corrected chi connectivity index (χ3v) is 8.09. The molecule has 0 atom stereocenters. The number of benzene rings is 2. The molecule has 5 heteroatoms. The molecule has 0 fully saturated rings. The Bertz CT molecular complexity index is 730. The average molecular weight is 409 g/mol. The molecule has 1 aliphatic rings. The maximum atomic E-state index is 12.7. The van der Waals surface area contributed by atoms with Gasteiger partial charge in [-0.1, -0.05) is 0 Å². The fraction of sp³-hybridized carbons (Fsp3) is 0.176. The Balaban J connectivity index is 1.98. The molecule has 1 heterocycles.